The molecular weight excluding hydrogens is 273 g/mol. The van der Waals surface area contributed by atoms with Crippen molar-refractivity contribution in [2.45, 2.75) is 13.8 Å². The molecule has 0 aliphatic carbocycles. The zero-order chi connectivity index (χ0) is 12.3. The van der Waals surface area contributed by atoms with Crippen LogP contribution in [0.4, 0.5) is 10.1 Å². The molecule has 0 unspecified atom stereocenters. The van der Waals surface area contributed by atoms with Crippen molar-refractivity contribution in [3.8, 4) is 0 Å². The average Bonchev–Trinajstić information content (AvgIpc) is 2.18. The summed E-state index contributed by atoms with van der Waals surface area (Å²) < 4.78 is 13.6. The maximum atomic E-state index is 13.3. The standard InChI is InChI=1S/C12H13BrFNO/c1-8(2)7-15(9(3)16)11-6-4-5-10(14)12(11)13/h4-6H,1,7H2,2-3H3. The van der Waals surface area contributed by atoms with E-state index in [1.165, 1.54) is 17.9 Å². The molecule has 0 heterocycles. The zero-order valence-corrected chi connectivity index (χ0v) is 10.8. The van der Waals surface area contributed by atoms with E-state index in [0.29, 0.717) is 16.7 Å². The SMILES string of the molecule is C=C(C)CN(C(C)=O)c1cccc(F)c1Br. The zero-order valence-electron chi connectivity index (χ0n) is 9.26. The van der Waals surface area contributed by atoms with E-state index in [9.17, 15) is 9.18 Å². The molecule has 0 bridgehead atoms. The van der Waals surface area contributed by atoms with Gasteiger partial charge in [-0.15, -0.1) is 0 Å². The number of carbonyl (C=O) groups is 1. The first kappa shape index (κ1) is 12.9. The molecule has 0 aliphatic heterocycles. The molecule has 0 radical (unpaired) electrons. The van der Waals surface area contributed by atoms with Crippen LogP contribution in [-0.2, 0) is 4.79 Å². The van der Waals surface area contributed by atoms with E-state index >= 15 is 0 Å². The summed E-state index contributed by atoms with van der Waals surface area (Å²) in [5, 5.41) is 0. The first-order valence-electron chi connectivity index (χ1n) is 4.80. The molecule has 4 heteroatoms. The number of halogens is 2. The molecule has 1 rings (SSSR count). The molecule has 1 aromatic carbocycles. The van der Waals surface area contributed by atoms with Gasteiger partial charge in [0.1, 0.15) is 5.82 Å². The molecule has 0 spiro atoms. The third-order valence-corrected chi connectivity index (χ3v) is 2.82. The molecule has 0 saturated heterocycles. The van der Waals surface area contributed by atoms with Crippen LogP contribution in [0.1, 0.15) is 13.8 Å². The fourth-order valence-corrected chi connectivity index (χ4v) is 1.82. The van der Waals surface area contributed by atoms with Crippen molar-refractivity contribution < 1.29 is 9.18 Å². The largest absolute Gasteiger partial charge is 0.307 e. The number of benzene rings is 1. The van der Waals surface area contributed by atoms with Crippen LogP contribution in [0.3, 0.4) is 0 Å². The van der Waals surface area contributed by atoms with Gasteiger partial charge in [0, 0.05) is 13.5 Å². The van der Waals surface area contributed by atoms with E-state index in [-0.39, 0.29) is 11.7 Å². The summed E-state index contributed by atoms with van der Waals surface area (Å²) in [4.78, 5) is 13.0. The van der Waals surface area contributed by atoms with Gasteiger partial charge < -0.3 is 4.90 Å². The van der Waals surface area contributed by atoms with E-state index in [1.54, 1.807) is 12.1 Å². The molecule has 0 saturated carbocycles. The number of carbonyl (C=O) groups excluding carboxylic acids is 1. The van der Waals surface area contributed by atoms with Gasteiger partial charge in [-0.25, -0.2) is 4.39 Å². The van der Waals surface area contributed by atoms with Crippen molar-refractivity contribution in [2.24, 2.45) is 0 Å². The molecule has 0 aliphatic rings. The lowest BCUT2D eigenvalue weighted by Crippen LogP contribution is -2.30. The van der Waals surface area contributed by atoms with Gasteiger partial charge in [-0.1, -0.05) is 18.2 Å². The summed E-state index contributed by atoms with van der Waals surface area (Å²) in [5.74, 6) is -0.528. The Balaban J connectivity index is 3.16. The Bertz CT molecular complexity index is 431. The van der Waals surface area contributed by atoms with Crippen molar-refractivity contribution in [3.05, 3.63) is 40.6 Å². The molecule has 0 fully saturated rings. The topological polar surface area (TPSA) is 20.3 Å². The highest BCUT2D eigenvalue weighted by Gasteiger charge is 2.16. The third kappa shape index (κ3) is 2.92. The van der Waals surface area contributed by atoms with Gasteiger partial charge in [0.2, 0.25) is 5.91 Å². The minimum Gasteiger partial charge on any atom is -0.307 e. The van der Waals surface area contributed by atoms with E-state index in [2.05, 4.69) is 22.5 Å². The van der Waals surface area contributed by atoms with Crippen LogP contribution in [0.25, 0.3) is 0 Å². The van der Waals surface area contributed by atoms with Gasteiger partial charge in [0.25, 0.3) is 0 Å². The average molecular weight is 286 g/mol. The second kappa shape index (κ2) is 5.25. The number of rotatable bonds is 3. The third-order valence-electron chi connectivity index (χ3n) is 2.03. The van der Waals surface area contributed by atoms with E-state index in [1.807, 2.05) is 6.92 Å². The van der Waals surface area contributed by atoms with Crippen LogP contribution in [0.15, 0.2) is 34.8 Å². The van der Waals surface area contributed by atoms with Gasteiger partial charge in [-0.2, -0.15) is 0 Å². The molecule has 0 N–H and O–H groups in total. The van der Waals surface area contributed by atoms with Crippen LogP contribution in [-0.4, -0.2) is 12.5 Å². The van der Waals surface area contributed by atoms with Crippen LogP contribution in [0.5, 0.6) is 0 Å². The molecule has 1 aromatic rings. The summed E-state index contributed by atoms with van der Waals surface area (Å²) in [6.45, 7) is 7.41. The lowest BCUT2D eigenvalue weighted by atomic mass is 10.2. The predicted octanol–water partition coefficient (Wildman–Crippen LogP) is 3.52. The Morgan fingerprint density at radius 1 is 1.50 bits per heavy atom. The van der Waals surface area contributed by atoms with E-state index in [4.69, 9.17) is 0 Å². The lowest BCUT2D eigenvalue weighted by molar-refractivity contribution is -0.116. The first-order chi connectivity index (χ1) is 7.43. The van der Waals surface area contributed by atoms with Gasteiger partial charge in [-0.3, -0.25) is 4.79 Å². The van der Waals surface area contributed by atoms with Gasteiger partial charge in [0.15, 0.2) is 0 Å². The van der Waals surface area contributed by atoms with Crippen molar-refractivity contribution in [1.82, 2.24) is 0 Å². The summed E-state index contributed by atoms with van der Waals surface area (Å²) in [6, 6.07) is 4.61. The van der Waals surface area contributed by atoms with Gasteiger partial charge in [-0.05, 0) is 35.0 Å². The number of hydrogen-bond donors (Lipinski definition) is 0. The summed E-state index contributed by atoms with van der Waals surface area (Å²) >= 11 is 3.14. The van der Waals surface area contributed by atoms with Crippen LogP contribution >= 0.6 is 15.9 Å². The van der Waals surface area contributed by atoms with Crippen molar-refractivity contribution in [2.75, 3.05) is 11.4 Å². The monoisotopic (exact) mass is 285 g/mol. The minimum atomic E-state index is -0.384. The second-order valence-electron chi connectivity index (χ2n) is 3.64. The maximum Gasteiger partial charge on any atom is 0.224 e. The molecular formula is C12H13BrFNO. The van der Waals surface area contributed by atoms with Crippen LogP contribution < -0.4 is 4.90 Å². The number of nitrogens with zero attached hydrogens (tertiary/aromatic N) is 1. The molecule has 0 atom stereocenters. The Morgan fingerprint density at radius 3 is 2.62 bits per heavy atom. The lowest BCUT2D eigenvalue weighted by Gasteiger charge is -2.22. The molecule has 0 aromatic heterocycles. The normalized spacial score (nSPS) is 10.0. The highest BCUT2D eigenvalue weighted by atomic mass is 79.9. The quantitative estimate of drug-likeness (QED) is 0.778. The summed E-state index contributed by atoms with van der Waals surface area (Å²) in [5.41, 5.74) is 1.36. The first-order valence-corrected chi connectivity index (χ1v) is 5.59. The predicted molar refractivity (Wildman–Crippen MR) is 66.9 cm³/mol. The highest BCUT2D eigenvalue weighted by molar-refractivity contribution is 9.10. The maximum absolute atomic E-state index is 13.3. The molecule has 2 nitrogen and oxygen atoms in total. The summed E-state index contributed by atoms with van der Waals surface area (Å²) in [7, 11) is 0. The molecule has 86 valence electrons. The Labute approximate surface area is 103 Å². The van der Waals surface area contributed by atoms with E-state index < -0.39 is 0 Å². The van der Waals surface area contributed by atoms with Crippen molar-refractivity contribution >= 4 is 27.5 Å². The van der Waals surface area contributed by atoms with Gasteiger partial charge >= 0.3 is 0 Å². The number of amides is 1. The van der Waals surface area contributed by atoms with Crippen molar-refractivity contribution in [3.63, 3.8) is 0 Å². The minimum absolute atomic E-state index is 0.144. The van der Waals surface area contributed by atoms with E-state index in [0.717, 1.165) is 5.57 Å². The Kier molecular flexibility index (Phi) is 4.24. The number of hydrogen-bond acceptors (Lipinski definition) is 1. The second-order valence-corrected chi connectivity index (χ2v) is 4.43. The smallest absolute Gasteiger partial charge is 0.224 e. The molecule has 1 amide bonds. The van der Waals surface area contributed by atoms with Crippen LogP contribution in [0, 0.1) is 5.82 Å². The highest BCUT2D eigenvalue weighted by Crippen LogP contribution is 2.29. The van der Waals surface area contributed by atoms with Gasteiger partial charge in [0.05, 0.1) is 10.2 Å². The fraction of sp³-hybridized carbons (Fsp3) is 0.250. The molecule has 16 heavy (non-hydrogen) atoms. The van der Waals surface area contributed by atoms with Crippen molar-refractivity contribution in [1.29, 1.82) is 0 Å². The number of anilines is 1. The van der Waals surface area contributed by atoms with Crippen LogP contribution in [0.2, 0.25) is 0 Å². The Hall–Kier alpha value is -1.16. The summed E-state index contributed by atoms with van der Waals surface area (Å²) in [6.07, 6.45) is 0. The Morgan fingerprint density at radius 2 is 2.12 bits per heavy atom. The fourth-order valence-electron chi connectivity index (χ4n) is 1.34.